The van der Waals surface area contributed by atoms with Crippen molar-refractivity contribution in [3.05, 3.63) is 35.4 Å². The van der Waals surface area contributed by atoms with Crippen LogP contribution >= 0.6 is 12.4 Å². The maximum atomic E-state index is 12.3. The first-order valence-corrected chi connectivity index (χ1v) is 6.49. The quantitative estimate of drug-likeness (QED) is 0.856. The Morgan fingerprint density at radius 3 is 2.70 bits per heavy atom. The van der Waals surface area contributed by atoms with E-state index in [1.165, 1.54) is 0 Å². The monoisotopic (exact) mass is 297 g/mol. The number of rotatable bonds is 2. The smallest absolute Gasteiger partial charge is 0.253 e. The van der Waals surface area contributed by atoms with Crippen LogP contribution in [0.1, 0.15) is 33.6 Å². The SMILES string of the molecule is CNC(=O)c1cccc(C(=O)N2CCCC(N)C2)c1.Cl. The summed E-state index contributed by atoms with van der Waals surface area (Å²) in [5, 5.41) is 2.55. The number of hydrogen-bond donors (Lipinski definition) is 2. The third-order valence-electron chi connectivity index (χ3n) is 3.34. The Kier molecular flexibility index (Phi) is 5.98. The van der Waals surface area contributed by atoms with E-state index in [1.54, 1.807) is 36.2 Å². The number of piperidine rings is 1. The fraction of sp³-hybridized carbons (Fsp3) is 0.429. The van der Waals surface area contributed by atoms with Crippen LogP contribution in [-0.4, -0.2) is 42.9 Å². The molecule has 1 saturated heterocycles. The highest BCUT2D eigenvalue weighted by molar-refractivity contribution is 5.99. The van der Waals surface area contributed by atoms with Gasteiger partial charge >= 0.3 is 0 Å². The standard InChI is InChI=1S/C14H19N3O2.ClH/c1-16-13(18)10-4-2-5-11(8-10)14(19)17-7-3-6-12(15)9-17;/h2,4-5,8,12H,3,6-7,9,15H2,1H3,(H,16,18);1H. The van der Waals surface area contributed by atoms with Crippen molar-refractivity contribution in [3.8, 4) is 0 Å². The zero-order valence-corrected chi connectivity index (χ0v) is 12.3. The molecule has 1 aliphatic rings. The molecule has 1 atom stereocenters. The minimum atomic E-state index is -0.190. The molecular weight excluding hydrogens is 278 g/mol. The number of benzene rings is 1. The number of hydrogen-bond acceptors (Lipinski definition) is 3. The van der Waals surface area contributed by atoms with Gasteiger partial charge in [-0.1, -0.05) is 6.07 Å². The molecular formula is C14H20ClN3O2. The molecule has 3 N–H and O–H groups in total. The van der Waals surface area contributed by atoms with Gasteiger partial charge in [0.2, 0.25) is 0 Å². The van der Waals surface area contributed by atoms with Crippen LogP contribution in [0.3, 0.4) is 0 Å². The van der Waals surface area contributed by atoms with Gasteiger partial charge in [0.25, 0.3) is 11.8 Å². The van der Waals surface area contributed by atoms with Crippen molar-refractivity contribution < 1.29 is 9.59 Å². The molecule has 0 aromatic heterocycles. The van der Waals surface area contributed by atoms with Crippen LogP contribution in [0, 0.1) is 0 Å². The van der Waals surface area contributed by atoms with E-state index in [1.807, 2.05) is 0 Å². The molecule has 0 bridgehead atoms. The number of nitrogens with one attached hydrogen (secondary N) is 1. The maximum absolute atomic E-state index is 12.3. The van der Waals surface area contributed by atoms with Crippen LogP contribution in [0.4, 0.5) is 0 Å². The van der Waals surface area contributed by atoms with Crippen LogP contribution in [0.2, 0.25) is 0 Å². The number of carbonyl (C=O) groups excluding carboxylic acids is 2. The van der Waals surface area contributed by atoms with Gasteiger partial charge in [-0.15, -0.1) is 12.4 Å². The lowest BCUT2D eigenvalue weighted by Gasteiger charge is -2.30. The highest BCUT2D eigenvalue weighted by Crippen LogP contribution is 2.14. The molecule has 1 fully saturated rings. The molecule has 5 nitrogen and oxygen atoms in total. The lowest BCUT2D eigenvalue weighted by Crippen LogP contribution is -2.45. The fourth-order valence-electron chi connectivity index (χ4n) is 2.31. The van der Waals surface area contributed by atoms with Crippen molar-refractivity contribution in [1.29, 1.82) is 0 Å². The molecule has 1 aliphatic heterocycles. The summed E-state index contributed by atoms with van der Waals surface area (Å²) in [7, 11) is 1.57. The number of halogens is 1. The topological polar surface area (TPSA) is 75.4 Å². The molecule has 2 rings (SSSR count). The fourth-order valence-corrected chi connectivity index (χ4v) is 2.31. The molecule has 0 saturated carbocycles. The molecule has 20 heavy (non-hydrogen) atoms. The van der Waals surface area contributed by atoms with Crippen LogP contribution in [0.15, 0.2) is 24.3 Å². The zero-order chi connectivity index (χ0) is 13.8. The minimum absolute atomic E-state index is 0. The van der Waals surface area contributed by atoms with Gasteiger partial charge in [-0.3, -0.25) is 9.59 Å². The highest BCUT2D eigenvalue weighted by Gasteiger charge is 2.22. The highest BCUT2D eigenvalue weighted by atomic mass is 35.5. The largest absolute Gasteiger partial charge is 0.355 e. The second-order valence-electron chi connectivity index (χ2n) is 4.81. The van der Waals surface area contributed by atoms with Crippen molar-refractivity contribution >= 4 is 24.2 Å². The van der Waals surface area contributed by atoms with Crippen molar-refractivity contribution in [3.63, 3.8) is 0 Å². The molecule has 0 spiro atoms. The van der Waals surface area contributed by atoms with Gasteiger partial charge in [-0.05, 0) is 31.0 Å². The van der Waals surface area contributed by atoms with Gasteiger partial charge in [0.1, 0.15) is 0 Å². The average Bonchev–Trinajstić information content (AvgIpc) is 2.45. The van der Waals surface area contributed by atoms with E-state index in [0.29, 0.717) is 17.7 Å². The van der Waals surface area contributed by atoms with Crippen LogP contribution in [0.5, 0.6) is 0 Å². The Bertz CT molecular complexity index is 493. The molecule has 1 unspecified atom stereocenters. The van der Waals surface area contributed by atoms with Crippen LogP contribution < -0.4 is 11.1 Å². The number of nitrogens with two attached hydrogens (primary N) is 1. The summed E-state index contributed by atoms with van der Waals surface area (Å²) in [5.74, 6) is -0.245. The molecule has 1 aromatic carbocycles. The number of amides is 2. The first-order valence-electron chi connectivity index (χ1n) is 6.49. The van der Waals surface area contributed by atoms with Gasteiger partial charge in [0, 0.05) is 37.3 Å². The number of carbonyl (C=O) groups is 2. The Morgan fingerprint density at radius 1 is 1.35 bits per heavy atom. The predicted octanol–water partition coefficient (Wildman–Crippen LogP) is 1.03. The van der Waals surface area contributed by atoms with Gasteiger partial charge in [-0.2, -0.15) is 0 Å². The van der Waals surface area contributed by atoms with Crippen LogP contribution in [-0.2, 0) is 0 Å². The number of likely N-dealkylation sites (tertiary alicyclic amines) is 1. The van der Waals surface area contributed by atoms with Gasteiger partial charge in [-0.25, -0.2) is 0 Å². The van der Waals surface area contributed by atoms with Crippen molar-refractivity contribution in [2.24, 2.45) is 5.73 Å². The Labute approximate surface area is 124 Å². The Balaban J connectivity index is 0.00000200. The van der Waals surface area contributed by atoms with Crippen molar-refractivity contribution in [1.82, 2.24) is 10.2 Å². The van der Waals surface area contributed by atoms with E-state index in [4.69, 9.17) is 5.73 Å². The summed E-state index contributed by atoms with van der Waals surface area (Å²) >= 11 is 0. The average molecular weight is 298 g/mol. The third-order valence-corrected chi connectivity index (χ3v) is 3.34. The minimum Gasteiger partial charge on any atom is -0.355 e. The van der Waals surface area contributed by atoms with Gasteiger partial charge in [0.05, 0.1) is 0 Å². The van der Waals surface area contributed by atoms with E-state index in [0.717, 1.165) is 19.4 Å². The first-order chi connectivity index (χ1) is 9.11. The molecule has 1 aromatic rings. The van der Waals surface area contributed by atoms with E-state index in [9.17, 15) is 9.59 Å². The predicted molar refractivity (Wildman–Crippen MR) is 80.2 cm³/mol. The molecule has 0 aliphatic carbocycles. The van der Waals surface area contributed by atoms with Gasteiger partial charge in [0.15, 0.2) is 0 Å². The lowest BCUT2D eigenvalue weighted by molar-refractivity contribution is 0.0709. The molecule has 2 amide bonds. The summed E-state index contributed by atoms with van der Waals surface area (Å²) in [4.78, 5) is 25.7. The van der Waals surface area contributed by atoms with Gasteiger partial charge < -0.3 is 16.0 Å². The third kappa shape index (κ3) is 3.71. The summed E-state index contributed by atoms with van der Waals surface area (Å²) in [6.07, 6.45) is 1.89. The van der Waals surface area contributed by atoms with Crippen LogP contribution in [0.25, 0.3) is 0 Å². The lowest BCUT2D eigenvalue weighted by atomic mass is 10.0. The first kappa shape index (κ1) is 16.5. The molecule has 110 valence electrons. The summed E-state index contributed by atoms with van der Waals surface area (Å²) in [6, 6.07) is 6.83. The Morgan fingerprint density at radius 2 is 2.05 bits per heavy atom. The van der Waals surface area contributed by atoms with E-state index in [-0.39, 0.29) is 30.3 Å². The summed E-state index contributed by atoms with van der Waals surface area (Å²) in [6.45, 7) is 1.32. The molecule has 0 radical (unpaired) electrons. The Hall–Kier alpha value is -1.59. The van der Waals surface area contributed by atoms with E-state index in [2.05, 4.69) is 5.32 Å². The maximum Gasteiger partial charge on any atom is 0.253 e. The normalized spacial score (nSPS) is 18.1. The second kappa shape index (κ2) is 7.26. The van der Waals surface area contributed by atoms with Crippen molar-refractivity contribution in [2.45, 2.75) is 18.9 Å². The molecule has 6 heteroatoms. The van der Waals surface area contributed by atoms with E-state index >= 15 is 0 Å². The zero-order valence-electron chi connectivity index (χ0n) is 11.5. The van der Waals surface area contributed by atoms with Crippen molar-refractivity contribution in [2.75, 3.05) is 20.1 Å². The molecule has 1 heterocycles. The second-order valence-corrected chi connectivity index (χ2v) is 4.81. The van der Waals surface area contributed by atoms with E-state index < -0.39 is 0 Å². The summed E-state index contributed by atoms with van der Waals surface area (Å²) < 4.78 is 0. The number of nitrogens with zero attached hydrogens (tertiary/aromatic N) is 1. The summed E-state index contributed by atoms with van der Waals surface area (Å²) in [5.41, 5.74) is 6.91.